The zero-order valence-electron chi connectivity index (χ0n) is 12.8. The summed E-state index contributed by atoms with van der Waals surface area (Å²) in [7, 11) is -2.25. The monoisotopic (exact) mass is 344 g/mol. The molecular weight excluding hydrogens is 324 g/mol. The molecule has 1 aromatic rings. The zero-order chi connectivity index (χ0) is 16.3. The molecule has 1 aliphatic heterocycles. The van der Waals surface area contributed by atoms with Crippen LogP contribution in [0.3, 0.4) is 0 Å². The number of carbonyl (C=O) groups excluding carboxylic acids is 1. The first-order valence-corrected chi connectivity index (χ1v) is 9.12. The summed E-state index contributed by atoms with van der Waals surface area (Å²) in [5.41, 5.74) is 0. The lowest BCUT2D eigenvalue weighted by Crippen LogP contribution is -2.44. The van der Waals surface area contributed by atoms with E-state index in [-0.39, 0.29) is 17.3 Å². The topological polar surface area (TPSA) is 57.7 Å². The number of rotatable bonds is 4. The van der Waals surface area contributed by atoms with Crippen molar-refractivity contribution >= 4 is 27.5 Å². The number of piperidine rings is 1. The molecule has 2 rings (SSSR count). The maximum atomic E-state index is 12.4. The number of halogens is 1. The molecule has 1 aromatic carbocycles. The summed E-state index contributed by atoms with van der Waals surface area (Å²) in [5.74, 6) is 0.478. The highest BCUT2D eigenvalue weighted by molar-refractivity contribution is 7.89. The van der Waals surface area contributed by atoms with Gasteiger partial charge in [0.15, 0.2) is 0 Å². The Hall–Kier alpha value is -1.11. The number of carbonyl (C=O) groups is 1. The average molecular weight is 345 g/mol. The van der Waals surface area contributed by atoms with Gasteiger partial charge in [-0.15, -0.1) is 0 Å². The maximum Gasteiger partial charge on any atom is 0.243 e. The second-order valence-corrected chi connectivity index (χ2v) is 8.26. The van der Waals surface area contributed by atoms with Crippen LogP contribution in [-0.2, 0) is 14.8 Å². The second kappa shape index (κ2) is 6.98. The summed E-state index contributed by atoms with van der Waals surface area (Å²) >= 11 is 5.77. The van der Waals surface area contributed by atoms with Crippen LogP contribution in [0.4, 0.5) is 0 Å². The van der Waals surface area contributed by atoms with Gasteiger partial charge >= 0.3 is 0 Å². The van der Waals surface area contributed by atoms with Gasteiger partial charge < -0.3 is 4.90 Å². The van der Waals surface area contributed by atoms with Gasteiger partial charge in [-0.2, -0.15) is 4.31 Å². The Bertz CT molecular complexity index is 623. The van der Waals surface area contributed by atoms with Gasteiger partial charge in [-0.3, -0.25) is 4.79 Å². The van der Waals surface area contributed by atoms with Crippen LogP contribution >= 0.6 is 11.6 Å². The molecule has 1 saturated heterocycles. The standard InChI is InChI=1S/C15H21ClN2O3S/c1-12-7-9-18(10-8-12)15(19)11-17(2)22(20,21)14-5-3-13(16)4-6-14/h3-6,12H,7-11H2,1-2H3. The molecule has 1 fully saturated rings. The number of nitrogens with zero attached hydrogens (tertiary/aromatic N) is 2. The van der Waals surface area contributed by atoms with Crippen LogP contribution in [0.2, 0.25) is 5.02 Å². The third kappa shape index (κ3) is 4.00. The number of hydrogen-bond acceptors (Lipinski definition) is 3. The molecule has 0 aliphatic carbocycles. The minimum atomic E-state index is -3.67. The fourth-order valence-corrected chi connectivity index (χ4v) is 3.67. The molecule has 1 aliphatic rings. The van der Waals surface area contributed by atoms with E-state index in [1.807, 2.05) is 0 Å². The second-order valence-electron chi connectivity index (χ2n) is 5.78. The molecule has 122 valence electrons. The molecule has 0 bridgehead atoms. The van der Waals surface area contributed by atoms with E-state index in [0.717, 1.165) is 17.1 Å². The van der Waals surface area contributed by atoms with E-state index >= 15 is 0 Å². The minimum Gasteiger partial charge on any atom is -0.342 e. The van der Waals surface area contributed by atoms with Crippen LogP contribution in [0.5, 0.6) is 0 Å². The van der Waals surface area contributed by atoms with E-state index < -0.39 is 10.0 Å². The predicted molar refractivity (Wildman–Crippen MR) is 86.2 cm³/mol. The zero-order valence-corrected chi connectivity index (χ0v) is 14.4. The Kier molecular flexibility index (Phi) is 5.47. The molecule has 0 radical (unpaired) electrons. The van der Waals surface area contributed by atoms with Crippen molar-refractivity contribution in [1.82, 2.24) is 9.21 Å². The minimum absolute atomic E-state index is 0.138. The predicted octanol–water partition coefficient (Wildman–Crippen LogP) is 2.22. The summed E-state index contributed by atoms with van der Waals surface area (Å²) in [4.78, 5) is 14.1. The van der Waals surface area contributed by atoms with Crippen molar-refractivity contribution in [3.8, 4) is 0 Å². The molecule has 0 saturated carbocycles. The van der Waals surface area contributed by atoms with Crippen molar-refractivity contribution < 1.29 is 13.2 Å². The van der Waals surface area contributed by atoms with Crippen LogP contribution in [-0.4, -0.2) is 50.2 Å². The highest BCUT2D eigenvalue weighted by Crippen LogP contribution is 2.19. The molecule has 7 heteroatoms. The Balaban J connectivity index is 2.03. The first-order valence-electron chi connectivity index (χ1n) is 7.30. The lowest BCUT2D eigenvalue weighted by Gasteiger charge is -2.31. The van der Waals surface area contributed by atoms with E-state index in [4.69, 9.17) is 11.6 Å². The molecular formula is C15H21ClN2O3S. The lowest BCUT2D eigenvalue weighted by atomic mass is 9.99. The molecule has 0 unspecified atom stereocenters. The fraction of sp³-hybridized carbons (Fsp3) is 0.533. The highest BCUT2D eigenvalue weighted by atomic mass is 35.5. The van der Waals surface area contributed by atoms with Crippen LogP contribution in [0, 0.1) is 5.92 Å². The van der Waals surface area contributed by atoms with Crippen LogP contribution in [0.25, 0.3) is 0 Å². The first-order chi connectivity index (χ1) is 10.3. The van der Waals surface area contributed by atoms with Crippen molar-refractivity contribution in [2.45, 2.75) is 24.7 Å². The Morgan fingerprint density at radius 3 is 2.36 bits per heavy atom. The number of hydrogen-bond donors (Lipinski definition) is 0. The summed E-state index contributed by atoms with van der Waals surface area (Å²) in [5, 5.41) is 0.472. The molecule has 0 atom stereocenters. The van der Waals surface area contributed by atoms with Gasteiger partial charge in [0.2, 0.25) is 15.9 Å². The summed E-state index contributed by atoms with van der Waals surface area (Å²) in [6, 6.07) is 5.94. The van der Waals surface area contributed by atoms with Gasteiger partial charge in [0.05, 0.1) is 11.4 Å². The fourth-order valence-electron chi connectivity index (χ4n) is 2.42. The van der Waals surface area contributed by atoms with Crippen LogP contribution in [0.1, 0.15) is 19.8 Å². The number of sulfonamides is 1. The number of likely N-dealkylation sites (N-methyl/N-ethyl adjacent to an activating group) is 1. The average Bonchev–Trinajstić information content (AvgIpc) is 2.48. The van der Waals surface area contributed by atoms with E-state index in [0.29, 0.717) is 24.0 Å². The number of amides is 1. The van der Waals surface area contributed by atoms with Gasteiger partial charge in [0, 0.05) is 25.2 Å². The molecule has 22 heavy (non-hydrogen) atoms. The molecule has 1 amide bonds. The highest BCUT2D eigenvalue weighted by Gasteiger charge is 2.26. The van der Waals surface area contributed by atoms with Crippen molar-refractivity contribution in [2.24, 2.45) is 5.92 Å². The van der Waals surface area contributed by atoms with Crippen molar-refractivity contribution in [2.75, 3.05) is 26.7 Å². The largest absolute Gasteiger partial charge is 0.342 e. The molecule has 0 aromatic heterocycles. The number of benzene rings is 1. The van der Waals surface area contributed by atoms with Gasteiger partial charge in [-0.05, 0) is 43.0 Å². The van der Waals surface area contributed by atoms with E-state index in [2.05, 4.69) is 6.92 Å². The quantitative estimate of drug-likeness (QED) is 0.841. The number of likely N-dealkylation sites (tertiary alicyclic amines) is 1. The van der Waals surface area contributed by atoms with Gasteiger partial charge in [0.1, 0.15) is 0 Å². The van der Waals surface area contributed by atoms with E-state index in [1.165, 1.54) is 31.3 Å². The Morgan fingerprint density at radius 1 is 1.27 bits per heavy atom. The smallest absolute Gasteiger partial charge is 0.243 e. The van der Waals surface area contributed by atoms with Gasteiger partial charge in [-0.25, -0.2) is 8.42 Å². The van der Waals surface area contributed by atoms with Crippen molar-refractivity contribution in [3.63, 3.8) is 0 Å². The van der Waals surface area contributed by atoms with Crippen molar-refractivity contribution in [3.05, 3.63) is 29.3 Å². The maximum absolute atomic E-state index is 12.4. The molecule has 0 spiro atoms. The third-order valence-electron chi connectivity index (χ3n) is 4.02. The van der Waals surface area contributed by atoms with Crippen LogP contribution < -0.4 is 0 Å². The van der Waals surface area contributed by atoms with E-state index in [1.54, 1.807) is 4.90 Å². The molecule has 5 nitrogen and oxygen atoms in total. The summed E-state index contributed by atoms with van der Waals surface area (Å²) < 4.78 is 25.9. The van der Waals surface area contributed by atoms with Gasteiger partial charge in [0.25, 0.3) is 0 Å². The molecule has 1 heterocycles. The normalized spacial score (nSPS) is 17.0. The lowest BCUT2D eigenvalue weighted by molar-refractivity contribution is -0.132. The van der Waals surface area contributed by atoms with Gasteiger partial charge in [-0.1, -0.05) is 18.5 Å². The Morgan fingerprint density at radius 2 is 1.82 bits per heavy atom. The Labute approximate surface area is 136 Å². The van der Waals surface area contributed by atoms with Crippen molar-refractivity contribution in [1.29, 1.82) is 0 Å². The third-order valence-corrected chi connectivity index (χ3v) is 6.09. The summed E-state index contributed by atoms with van der Waals surface area (Å²) in [6.45, 7) is 3.43. The first kappa shape index (κ1) is 17.2. The van der Waals surface area contributed by atoms with Crippen LogP contribution in [0.15, 0.2) is 29.2 Å². The molecule has 0 N–H and O–H groups in total. The van der Waals surface area contributed by atoms with E-state index in [9.17, 15) is 13.2 Å². The summed E-state index contributed by atoms with van der Waals surface area (Å²) in [6.07, 6.45) is 1.94. The SMILES string of the molecule is CC1CCN(C(=O)CN(C)S(=O)(=O)c2ccc(Cl)cc2)CC1.